The Morgan fingerprint density at radius 3 is 2.73 bits per heavy atom. The first-order valence-corrected chi connectivity index (χ1v) is 10.7. The lowest BCUT2D eigenvalue weighted by Gasteiger charge is -2.30. The highest BCUT2D eigenvalue weighted by Gasteiger charge is 2.34. The summed E-state index contributed by atoms with van der Waals surface area (Å²) in [5, 5.41) is 2.74. The van der Waals surface area contributed by atoms with Crippen LogP contribution in [0, 0.1) is 25.6 Å². The Labute approximate surface area is 156 Å². The summed E-state index contributed by atoms with van der Waals surface area (Å²) in [7, 11) is -3.58. The summed E-state index contributed by atoms with van der Waals surface area (Å²) >= 11 is 1.23. The number of sulfonamides is 1. The minimum atomic E-state index is -3.58. The van der Waals surface area contributed by atoms with Gasteiger partial charge in [-0.2, -0.15) is 4.31 Å². The number of nitrogens with one attached hydrogen (secondary N) is 1. The minimum absolute atomic E-state index is 0.138. The number of hydrogen-bond donors (Lipinski definition) is 1. The smallest absolute Gasteiger partial charge is 0.252 e. The molecule has 1 amide bonds. The Morgan fingerprint density at radius 2 is 2.04 bits per heavy atom. The quantitative estimate of drug-likeness (QED) is 0.860. The molecule has 0 unspecified atom stereocenters. The molecule has 0 bridgehead atoms. The second-order valence-electron chi connectivity index (χ2n) is 6.52. The van der Waals surface area contributed by atoms with Crippen LogP contribution in [0.1, 0.15) is 23.3 Å². The number of aryl methyl sites for hydroxylation is 2. The molecule has 2 aromatic rings. The number of anilines is 1. The lowest BCUT2D eigenvalue weighted by atomic mass is 9.98. The maximum atomic E-state index is 13.4. The van der Waals surface area contributed by atoms with Crippen LogP contribution in [-0.4, -0.2) is 31.7 Å². The predicted octanol–water partition coefficient (Wildman–Crippen LogP) is 3.54. The number of hydrogen-bond acceptors (Lipinski definition) is 4. The summed E-state index contributed by atoms with van der Waals surface area (Å²) in [5.41, 5.74) is 1.18. The van der Waals surface area contributed by atoms with Crippen LogP contribution in [0.4, 0.5) is 10.1 Å². The van der Waals surface area contributed by atoms with Crippen molar-refractivity contribution in [3.8, 4) is 0 Å². The van der Waals surface area contributed by atoms with Gasteiger partial charge in [0, 0.05) is 23.7 Å². The third kappa shape index (κ3) is 3.97. The molecule has 1 saturated heterocycles. The summed E-state index contributed by atoms with van der Waals surface area (Å²) in [6, 6.07) is 7.59. The highest BCUT2D eigenvalue weighted by molar-refractivity contribution is 7.91. The lowest BCUT2D eigenvalue weighted by molar-refractivity contribution is -0.120. The van der Waals surface area contributed by atoms with Crippen LogP contribution >= 0.6 is 11.3 Å². The molecule has 1 aliphatic rings. The Bertz CT molecular complexity index is 924. The number of carbonyl (C=O) groups excluding carboxylic acids is 1. The summed E-state index contributed by atoms with van der Waals surface area (Å²) in [6.07, 6.45) is 1.22. The highest BCUT2D eigenvalue weighted by atomic mass is 32.2. The van der Waals surface area contributed by atoms with Crippen LogP contribution in [0.5, 0.6) is 0 Å². The van der Waals surface area contributed by atoms with E-state index in [1.54, 1.807) is 25.1 Å². The molecule has 1 aliphatic heterocycles. The fraction of sp³-hybridized carbons (Fsp3) is 0.389. The minimum Gasteiger partial charge on any atom is -0.325 e. The first-order chi connectivity index (χ1) is 12.3. The van der Waals surface area contributed by atoms with E-state index in [0.29, 0.717) is 29.3 Å². The molecular weight excluding hydrogens is 375 g/mol. The fourth-order valence-electron chi connectivity index (χ4n) is 3.02. The first-order valence-electron chi connectivity index (χ1n) is 8.41. The van der Waals surface area contributed by atoms with E-state index in [0.717, 1.165) is 10.4 Å². The lowest BCUT2D eigenvalue weighted by Crippen LogP contribution is -2.43. The van der Waals surface area contributed by atoms with Gasteiger partial charge in [-0.3, -0.25) is 4.79 Å². The molecule has 0 spiro atoms. The third-order valence-corrected chi connectivity index (χ3v) is 7.86. The number of halogens is 1. The van der Waals surface area contributed by atoms with Crippen LogP contribution in [0.25, 0.3) is 0 Å². The second-order valence-corrected chi connectivity index (χ2v) is 9.97. The number of benzene rings is 1. The maximum absolute atomic E-state index is 13.4. The summed E-state index contributed by atoms with van der Waals surface area (Å²) in [5.74, 6) is -1.16. The number of piperidine rings is 1. The van der Waals surface area contributed by atoms with Crippen molar-refractivity contribution >= 4 is 33.0 Å². The number of nitrogens with zero attached hydrogens (tertiary/aromatic N) is 1. The van der Waals surface area contributed by atoms with Gasteiger partial charge in [-0.25, -0.2) is 12.8 Å². The number of amides is 1. The highest BCUT2D eigenvalue weighted by Crippen LogP contribution is 2.29. The molecule has 1 aromatic carbocycles. The van der Waals surface area contributed by atoms with E-state index in [9.17, 15) is 17.6 Å². The SMILES string of the molecule is Cc1ccc(S(=O)(=O)N2CCC[C@H](C(=O)Nc3cc(F)ccc3C)C2)s1. The Morgan fingerprint density at radius 1 is 1.27 bits per heavy atom. The molecule has 1 N–H and O–H groups in total. The van der Waals surface area contributed by atoms with Crippen molar-refractivity contribution in [3.63, 3.8) is 0 Å². The van der Waals surface area contributed by atoms with Gasteiger partial charge < -0.3 is 5.32 Å². The monoisotopic (exact) mass is 396 g/mol. The average Bonchev–Trinajstić information content (AvgIpc) is 3.05. The maximum Gasteiger partial charge on any atom is 0.252 e. The van der Waals surface area contributed by atoms with Crippen molar-refractivity contribution in [2.45, 2.75) is 30.9 Å². The largest absolute Gasteiger partial charge is 0.325 e. The number of thiophene rings is 1. The summed E-state index contributed by atoms with van der Waals surface area (Å²) in [4.78, 5) is 13.5. The van der Waals surface area contributed by atoms with Gasteiger partial charge >= 0.3 is 0 Å². The van der Waals surface area contributed by atoms with E-state index >= 15 is 0 Å². The van der Waals surface area contributed by atoms with Crippen LogP contribution < -0.4 is 5.32 Å². The average molecular weight is 397 g/mol. The molecule has 2 heterocycles. The van der Waals surface area contributed by atoms with Crippen molar-refractivity contribution in [3.05, 3.63) is 46.6 Å². The molecule has 140 valence electrons. The Kier molecular flexibility index (Phi) is 5.45. The molecule has 1 fully saturated rings. The summed E-state index contributed by atoms with van der Waals surface area (Å²) < 4.78 is 40.7. The van der Waals surface area contributed by atoms with E-state index in [-0.39, 0.29) is 12.5 Å². The fourth-order valence-corrected chi connectivity index (χ4v) is 5.98. The molecule has 1 aromatic heterocycles. The van der Waals surface area contributed by atoms with E-state index < -0.39 is 21.8 Å². The van der Waals surface area contributed by atoms with Gasteiger partial charge in [0.15, 0.2) is 0 Å². The van der Waals surface area contributed by atoms with E-state index in [4.69, 9.17) is 0 Å². The van der Waals surface area contributed by atoms with Crippen LogP contribution in [-0.2, 0) is 14.8 Å². The topological polar surface area (TPSA) is 66.5 Å². The predicted molar refractivity (Wildman–Crippen MR) is 100 cm³/mol. The molecule has 0 saturated carbocycles. The van der Waals surface area contributed by atoms with Crippen molar-refractivity contribution in [1.82, 2.24) is 4.31 Å². The standard InChI is InChI=1S/C18H21FN2O3S2/c1-12-5-7-15(19)10-16(12)20-18(22)14-4-3-9-21(11-14)26(23,24)17-8-6-13(2)25-17/h5-8,10,14H,3-4,9,11H2,1-2H3,(H,20,22)/t14-/m0/s1. The molecule has 3 rings (SSSR count). The van der Waals surface area contributed by atoms with Crippen molar-refractivity contribution < 1.29 is 17.6 Å². The molecular formula is C18H21FN2O3S2. The zero-order chi connectivity index (χ0) is 18.9. The van der Waals surface area contributed by atoms with Crippen LogP contribution in [0.15, 0.2) is 34.5 Å². The second kappa shape index (κ2) is 7.46. The molecule has 1 atom stereocenters. The van der Waals surface area contributed by atoms with Crippen molar-refractivity contribution in [1.29, 1.82) is 0 Å². The zero-order valence-corrected chi connectivity index (χ0v) is 16.3. The molecule has 5 nitrogen and oxygen atoms in total. The van der Waals surface area contributed by atoms with Gasteiger partial charge in [-0.1, -0.05) is 6.07 Å². The van der Waals surface area contributed by atoms with E-state index in [1.165, 1.54) is 27.8 Å². The van der Waals surface area contributed by atoms with Gasteiger partial charge in [0.05, 0.1) is 5.92 Å². The third-order valence-electron chi connectivity index (χ3n) is 4.52. The molecule has 0 radical (unpaired) electrons. The van der Waals surface area contributed by atoms with Gasteiger partial charge in [-0.05, 0) is 56.5 Å². The Hall–Kier alpha value is -1.77. The molecule has 0 aliphatic carbocycles. The van der Waals surface area contributed by atoms with E-state index in [1.807, 2.05) is 6.92 Å². The van der Waals surface area contributed by atoms with Gasteiger partial charge in [0.1, 0.15) is 10.0 Å². The van der Waals surface area contributed by atoms with Crippen molar-refractivity contribution in [2.24, 2.45) is 5.92 Å². The van der Waals surface area contributed by atoms with E-state index in [2.05, 4.69) is 5.32 Å². The normalized spacial score (nSPS) is 18.7. The number of carbonyl (C=O) groups is 1. The molecule has 8 heteroatoms. The van der Waals surface area contributed by atoms with Crippen molar-refractivity contribution in [2.75, 3.05) is 18.4 Å². The van der Waals surface area contributed by atoms with Gasteiger partial charge in [0.2, 0.25) is 5.91 Å². The number of rotatable bonds is 4. The van der Waals surface area contributed by atoms with Gasteiger partial charge in [-0.15, -0.1) is 11.3 Å². The zero-order valence-electron chi connectivity index (χ0n) is 14.7. The Balaban J connectivity index is 1.74. The molecule has 26 heavy (non-hydrogen) atoms. The first kappa shape index (κ1) is 19.0. The van der Waals surface area contributed by atoms with Gasteiger partial charge in [0.25, 0.3) is 10.0 Å². The summed E-state index contributed by atoms with van der Waals surface area (Å²) in [6.45, 7) is 4.19. The van der Waals surface area contributed by atoms with Crippen LogP contribution in [0.2, 0.25) is 0 Å². The van der Waals surface area contributed by atoms with Crippen LogP contribution in [0.3, 0.4) is 0 Å².